The average Bonchev–Trinajstić information content (AvgIpc) is 2.48. The van der Waals surface area contributed by atoms with Gasteiger partial charge in [0.05, 0.1) is 11.9 Å². The summed E-state index contributed by atoms with van der Waals surface area (Å²) in [7, 11) is 0. The van der Waals surface area contributed by atoms with E-state index in [-0.39, 0.29) is 21.4 Å². The van der Waals surface area contributed by atoms with Gasteiger partial charge in [-0.1, -0.05) is 70.5 Å². The Bertz CT molecular complexity index is 727. The van der Waals surface area contributed by atoms with Gasteiger partial charge in [0.2, 0.25) is 0 Å². The molecule has 1 aromatic carbocycles. The Kier molecular flexibility index (Phi) is 4.85. The van der Waals surface area contributed by atoms with E-state index in [1.165, 1.54) is 17.3 Å². The average molecular weight is 334 g/mol. The van der Waals surface area contributed by atoms with E-state index in [0.29, 0.717) is 12.2 Å². The van der Waals surface area contributed by atoms with Crippen LogP contribution in [0.25, 0.3) is 0 Å². The summed E-state index contributed by atoms with van der Waals surface area (Å²) >= 11 is 5.99. The Balaban J connectivity index is 2.15. The van der Waals surface area contributed by atoms with E-state index in [4.69, 9.17) is 11.6 Å². The molecule has 1 aromatic heterocycles. The Morgan fingerprint density at radius 1 is 1.09 bits per heavy atom. The third-order valence-electron chi connectivity index (χ3n) is 4.05. The third-order valence-corrected chi connectivity index (χ3v) is 4.42. The first-order valence-corrected chi connectivity index (χ1v) is 8.07. The summed E-state index contributed by atoms with van der Waals surface area (Å²) in [5.74, 6) is 0. The third kappa shape index (κ3) is 4.14. The number of nitrogens with zero attached hydrogens (tertiary/aromatic N) is 1. The standard InChI is InChI=1S/C18H24ClN3O/c1-17(2,3)12-6-8-13(9-7-12)18(4,5)11-20-14-10-21-22-16(23)15(14)19/h6-10H,11H2,1-5H3,(H2,20,22,23). The first kappa shape index (κ1) is 17.5. The topological polar surface area (TPSA) is 57.8 Å². The molecule has 0 saturated carbocycles. The van der Waals surface area contributed by atoms with Crippen LogP contribution in [0.4, 0.5) is 5.69 Å². The lowest BCUT2D eigenvalue weighted by Gasteiger charge is -2.27. The van der Waals surface area contributed by atoms with Gasteiger partial charge in [-0.25, -0.2) is 5.10 Å². The Hall–Kier alpha value is -1.81. The van der Waals surface area contributed by atoms with E-state index in [1.807, 2.05) is 0 Å². The lowest BCUT2D eigenvalue weighted by atomic mass is 9.81. The summed E-state index contributed by atoms with van der Waals surface area (Å²) in [5.41, 5.74) is 2.74. The smallest absolute Gasteiger partial charge is 0.285 e. The molecule has 0 radical (unpaired) electrons. The van der Waals surface area contributed by atoms with E-state index >= 15 is 0 Å². The number of benzene rings is 1. The molecule has 0 bridgehead atoms. The molecule has 0 spiro atoms. The molecule has 0 atom stereocenters. The summed E-state index contributed by atoms with van der Waals surface area (Å²) in [6, 6.07) is 8.69. The molecule has 2 aromatic rings. The lowest BCUT2D eigenvalue weighted by molar-refractivity contribution is 0.553. The summed E-state index contributed by atoms with van der Waals surface area (Å²) in [4.78, 5) is 11.5. The highest BCUT2D eigenvalue weighted by Crippen LogP contribution is 2.28. The maximum Gasteiger partial charge on any atom is 0.285 e. The van der Waals surface area contributed by atoms with E-state index in [0.717, 1.165) is 0 Å². The van der Waals surface area contributed by atoms with Crippen LogP contribution in [-0.2, 0) is 10.8 Å². The number of nitrogens with one attached hydrogen (secondary N) is 2. The molecular weight excluding hydrogens is 310 g/mol. The SMILES string of the molecule is CC(C)(C)c1ccc(C(C)(C)CNc2cn[nH]c(=O)c2Cl)cc1. The highest BCUT2D eigenvalue weighted by molar-refractivity contribution is 6.32. The minimum Gasteiger partial charge on any atom is -0.381 e. The highest BCUT2D eigenvalue weighted by Gasteiger charge is 2.22. The minimum atomic E-state index is -0.385. The van der Waals surface area contributed by atoms with E-state index in [1.54, 1.807) is 0 Å². The molecule has 0 unspecified atom stereocenters. The second-order valence-corrected chi connectivity index (χ2v) is 7.87. The zero-order valence-electron chi connectivity index (χ0n) is 14.3. The van der Waals surface area contributed by atoms with Crippen molar-refractivity contribution in [2.45, 2.75) is 45.4 Å². The number of hydrogen-bond acceptors (Lipinski definition) is 3. The molecule has 0 fully saturated rings. The van der Waals surface area contributed by atoms with Gasteiger partial charge in [-0.2, -0.15) is 5.10 Å². The first-order valence-electron chi connectivity index (χ1n) is 7.69. The maximum atomic E-state index is 11.5. The molecule has 2 rings (SSSR count). The predicted octanol–water partition coefficient (Wildman–Crippen LogP) is 4.11. The van der Waals surface area contributed by atoms with Gasteiger partial charge < -0.3 is 5.32 Å². The number of aromatic amines is 1. The van der Waals surface area contributed by atoms with Crippen molar-refractivity contribution in [2.24, 2.45) is 0 Å². The van der Waals surface area contributed by atoms with Gasteiger partial charge in [0.1, 0.15) is 5.02 Å². The monoisotopic (exact) mass is 333 g/mol. The molecule has 5 heteroatoms. The number of rotatable bonds is 4. The van der Waals surface area contributed by atoms with Gasteiger partial charge in [-0.15, -0.1) is 0 Å². The fraction of sp³-hybridized carbons (Fsp3) is 0.444. The van der Waals surface area contributed by atoms with Crippen molar-refractivity contribution in [3.63, 3.8) is 0 Å². The minimum absolute atomic E-state index is 0.109. The van der Waals surface area contributed by atoms with Crippen molar-refractivity contribution in [2.75, 3.05) is 11.9 Å². The first-order chi connectivity index (χ1) is 10.6. The van der Waals surface area contributed by atoms with Gasteiger partial charge in [-0.05, 0) is 16.5 Å². The van der Waals surface area contributed by atoms with Crippen LogP contribution in [0.3, 0.4) is 0 Å². The molecule has 124 valence electrons. The van der Waals surface area contributed by atoms with Gasteiger partial charge in [0.25, 0.3) is 5.56 Å². The molecule has 0 amide bonds. The molecule has 0 saturated heterocycles. The molecule has 4 nitrogen and oxygen atoms in total. The van der Waals surface area contributed by atoms with Crippen molar-refractivity contribution >= 4 is 17.3 Å². The Labute approximate surface area is 142 Å². The van der Waals surface area contributed by atoms with Crippen LogP contribution in [-0.4, -0.2) is 16.7 Å². The van der Waals surface area contributed by atoms with Crippen molar-refractivity contribution in [1.29, 1.82) is 0 Å². The molecule has 1 heterocycles. The van der Waals surface area contributed by atoms with Crippen molar-refractivity contribution in [3.05, 3.63) is 57.0 Å². The van der Waals surface area contributed by atoms with Crippen LogP contribution in [0.5, 0.6) is 0 Å². The number of anilines is 1. The van der Waals surface area contributed by atoms with Gasteiger partial charge in [0, 0.05) is 12.0 Å². The van der Waals surface area contributed by atoms with E-state index < -0.39 is 0 Å². The van der Waals surface area contributed by atoms with Crippen LogP contribution >= 0.6 is 11.6 Å². The Morgan fingerprint density at radius 2 is 1.65 bits per heavy atom. The summed E-state index contributed by atoms with van der Waals surface area (Å²) in [6.07, 6.45) is 1.53. The normalized spacial score (nSPS) is 12.3. The fourth-order valence-electron chi connectivity index (χ4n) is 2.35. The van der Waals surface area contributed by atoms with Crippen LogP contribution < -0.4 is 10.9 Å². The van der Waals surface area contributed by atoms with Crippen LogP contribution in [0.2, 0.25) is 5.02 Å². The molecule has 2 N–H and O–H groups in total. The van der Waals surface area contributed by atoms with Crippen LogP contribution in [0.1, 0.15) is 45.7 Å². The summed E-state index contributed by atoms with van der Waals surface area (Å²) < 4.78 is 0. The number of halogens is 1. The largest absolute Gasteiger partial charge is 0.381 e. The van der Waals surface area contributed by atoms with Crippen molar-refractivity contribution in [1.82, 2.24) is 10.2 Å². The van der Waals surface area contributed by atoms with Crippen LogP contribution in [0.15, 0.2) is 35.3 Å². The molecular formula is C18H24ClN3O. The van der Waals surface area contributed by atoms with E-state index in [2.05, 4.69) is 74.4 Å². The van der Waals surface area contributed by atoms with E-state index in [9.17, 15) is 4.79 Å². The summed E-state index contributed by atoms with van der Waals surface area (Å²) in [6.45, 7) is 11.6. The number of aromatic nitrogens is 2. The fourth-order valence-corrected chi connectivity index (χ4v) is 2.50. The van der Waals surface area contributed by atoms with Gasteiger partial charge in [-0.3, -0.25) is 4.79 Å². The Morgan fingerprint density at radius 3 is 2.22 bits per heavy atom. The second-order valence-electron chi connectivity index (χ2n) is 7.49. The zero-order chi connectivity index (χ0) is 17.3. The van der Waals surface area contributed by atoms with Crippen molar-refractivity contribution in [3.8, 4) is 0 Å². The van der Waals surface area contributed by atoms with Gasteiger partial charge in [0.15, 0.2) is 0 Å². The molecule has 23 heavy (non-hydrogen) atoms. The summed E-state index contributed by atoms with van der Waals surface area (Å²) in [5, 5.41) is 9.45. The van der Waals surface area contributed by atoms with Crippen molar-refractivity contribution < 1.29 is 0 Å². The maximum absolute atomic E-state index is 11.5. The zero-order valence-corrected chi connectivity index (χ0v) is 15.1. The lowest BCUT2D eigenvalue weighted by Crippen LogP contribution is -2.28. The number of hydrogen-bond donors (Lipinski definition) is 2. The molecule has 0 aliphatic carbocycles. The molecule has 0 aliphatic heterocycles. The highest BCUT2D eigenvalue weighted by atomic mass is 35.5. The predicted molar refractivity (Wildman–Crippen MR) is 96.5 cm³/mol. The van der Waals surface area contributed by atoms with Gasteiger partial charge >= 0.3 is 0 Å². The quantitative estimate of drug-likeness (QED) is 0.885. The molecule has 0 aliphatic rings. The second kappa shape index (κ2) is 6.36. The number of H-pyrrole nitrogens is 1. The van der Waals surface area contributed by atoms with Crippen LogP contribution in [0, 0.1) is 0 Å².